The molecule has 1 aliphatic heterocycles. The zero-order valence-electron chi connectivity index (χ0n) is 15.5. The fourth-order valence-electron chi connectivity index (χ4n) is 3.24. The number of ether oxygens (including phenoxy) is 1. The Balaban J connectivity index is 1.43. The summed E-state index contributed by atoms with van der Waals surface area (Å²) in [7, 11) is 0. The number of nitro benzene ring substituents is 1. The molecule has 3 rings (SSSR count). The van der Waals surface area contributed by atoms with Crippen molar-refractivity contribution in [3.05, 3.63) is 70.3 Å². The van der Waals surface area contributed by atoms with E-state index in [-0.39, 0.29) is 18.2 Å². The van der Waals surface area contributed by atoms with E-state index < -0.39 is 11.0 Å². The summed E-state index contributed by atoms with van der Waals surface area (Å²) in [6.45, 7) is 3.43. The van der Waals surface area contributed by atoms with Gasteiger partial charge in [-0.3, -0.25) is 14.9 Å². The fraction of sp³-hybridized carbons (Fsp3) is 0.350. The van der Waals surface area contributed by atoms with Crippen LogP contribution in [-0.4, -0.2) is 66.3 Å². The molecule has 0 spiro atoms. The first-order chi connectivity index (χ1) is 13.5. The van der Waals surface area contributed by atoms with Crippen molar-refractivity contribution in [3.8, 4) is 5.75 Å². The van der Waals surface area contributed by atoms with Gasteiger partial charge in [0, 0.05) is 17.7 Å². The highest BCUT2D eigenvalue weighted by molar-refractivity contribution is 5.94. The zero-order chi connectivity index (χ0) is 19.9. The number of non-ortho nitro benzene ring substituents is 1. The summed E-state index contributed by atoms with van der Waals surface area (Å²) >= 11 is 0. The minimum Gasteiger partial charge on any atom is -0.491 e. The molecule has 1 saturated heterocycles. The Morgan fingerprint density at radius 2 is 1.79 bits per heavy atom. The second-order valence-electron chi connectivity index (χ2n) is 6.83. The van der Waals surface area contributed by atoms with Gasteiger partial charge >= 0.3 is 0 Å². The van der Waals surface area contributed by atoms with E-state index in [2.05, 4.69) is 0 Å². The fourth-order valence-corrected chi connectivity index (χ4v) is 3.24. The molecular weight excluding hydrogens is 362 g/mol. The Kier molecular flexibility index (Phi) is 6.57. The smallest absolute Gasteiger partial charge is 0.269 e. The van der Waals surface area contributed by atoms with Gasteiger partial charge in [-0.1, -0.05) is 18.2 Å². The second-order valence-corrected chi connectivity index (χ2v) is 6.83. The number of nitrogens with zero attached hydrogens (tertiary/aromatic N) is 2. The van der Waals surface area contributed by atoms with Crippen LogP contribution in [0.25, 0.3) is 0 Å². The van der Waals surface area contributed by atoms with E-state index in [0.29, 0.717) is 25.2 Å². The summed E-state index contributed by atoms with van der Waals surface area (Å²) in [4.78, 5) is 25.7. The number of carbonyl (C=O) groups is 1. The number of amides is 1. The second kappa shape index (κ2) is 9.29. The average molecular weight is 386 g/mol. The number of carbonyl (C=O) groups excluding carboxylic acids is 1. The summed E-state index contributed by atoms with van der Waals surface area (Å²) in [5.41, 5.74) is 0.419. The molecule has 2 aromatic rings. The maximum absolute atomic E-state index is 12.5. The number of hydrogen-bond acceptors (Lipinski definition) is 5. The summed E-state index contributed by atoms with van der Waals surface area (Å²) in [5.74, 6) is 0.608. The molecule has 0 unspecified atom stereocenters. The van der Waals surface area contributed by atoms with E-state index >= 15 is 0 Å². The summed E-state index contributed by atoms with van der Waals surface area (Å²) in [5, 5.41) is 20.9. The van der Waals surface area contributed by atoms with Crippen molar-refractivity contribution in [2.75, 3.05) is 39.3 Å². The number of benzene rings is 2. The maximum Gasteiger partial charge on any atom is 0.269 e. The van der Waals surface area contributed by atoms with Gasteiger partial charge in [0.05, 0.1) is 31.1 Å². The van der Waals surface area contributed by atoms with Gasteiger partial charge in [0.1, 0.15) is 25.0 Å². The quantitative estimate of drug-likeness (QED) is 0.530. The van der Waals surface area contributed by atoms with Crippen LogP contribution in [-0.2, 0) is 0 Å². The van der Waals surface area contributed by atoms with Crippen LogP contribution < -0.4 is 9.64 Å². The van der Waals surface area contributed by atoms with Crippen molar-refractivity contribution in [3.63, 3.8) is 0 Å². The van der Waals surface area contributed by atoms with E-state index in [1.54, 1.807) is 4.90 Å². The van der Waals surface area contributed by atoms with Gasteiger partial charge in [-0.25, -0.2) is 0 Å². The minimum absolute atomic E-state index is 0.0301. The van der Waals surface area contributed by atoms with Gasteiger partial charge < -0.3 is 19.6 Å². The Morgan fingerprint density at radius 1 is 1.14 bits per heavy atom. The van der Waals surface area contributed by atoms with Gasteiger partial charge in [0.2, 0.25) is 0 Å². The first-order valence-electron chi connectivity index (χ1n) is 9.26. The molecule has 1 atom stereocenters. The molecular formula is C20H24N3O5+. The molecule has 8 heteroatoms. The third-order valence-electron chi connectivity index (χ3n) is 4.79. The summed E-state index contributed by atoms with van der Waals surface area (Å²) in [6, 6.07) is 15.0. The molecule has 1 amide bonds. The lowest BCUT2D eigenvalue weighted by atomic mass is 10.1. The Labute approximate surface area is 163 Å². The van der Waals surface area contributed by atoms with Crippen molar-refractivity contribution >= 4 is 11.6 Å². The van der Waals surface area contributed by atoms with Crippen molar-refractivity contribution in [1.29, 1.82) is 0 Å². The Hall–Kier alpha value is -2.97. The highest BCUT2D eigenvalue weighted by atomic mass is 16.6. The Bertz CT molecular complexity index is 789. The van der Waals surface area contributed by atoms with E-state index in [4.69, 9.17) is 4.74 Å². The summed E-state index contributed by atoms with van der Waals surface area (Å²) < 4.78 is 5.58. The molecule has 1 fully saturated rings. The molecule has 1 heterocycles. The number of para-hydroxylation sites is 1. The van der Waals surface area contributed by atoms with Crippen molar-refractivity contribution in [1.82, 2.24) is 4.90 Å². The van der Waals surface area contributed by atoms with Crippen molar-refractivity contribution in [2.24, 2.45) is 0 Å². The highest BCUT2D eigenvalue weighted by Crippen LogP contribution is 2.13. The van der Waals surface area contributed by atoms with Gasteiger partial charge in [-0.05, 0) is 24.3 Å². The first kappa shape index (κ1) is 19.8. The van der Waals surface area contributed by atoms with Gasteiger partial charge in [0.25, 0.3) is 11.6 Å². The topological polar surface area (TPSA) is 97.4 Å². The van der Waals surface area contributed by atoms with Crippen LogP contribution in [0.4, 0.5) is 5.69 Å². The zero-order valence-corrected chi connectivity index (χ0v) is 15.5. The van der Waals surface area contributed by atoms with E-state index in [0.717, 1.165) is 18.8 Å². The van der Waals surface area contributed by atoms with Crippen LogP contribution in [0.15, 0.2) is 54.6 Å². The number of hydrogen-bond donors (Lipinski definition) is 2. The first-order valence-corrected chi connectivity index (χ1v) is 9.26. The lowest BCUT2D eigenvalue weighted by molar-refractivity contribution is -0.907. The van der Waals surface area contributed by atoms with Gasteiger partial charge in [-0.15, -0.1) is 0 Å². The predicted molar refractivity (Wildman–Crippen MR) is 103 cm³/mol. The number of rotatable bonds is 7. The molecule has 0 saturated carbocycles. The van der Waals surface area contributed by atoms with E-state index in [1.165, 1.54) is 29.2 Å². The number of nitrogens with one attached hydrogen (secondary N) is 1. The van der Waals surface area contributed by atoms with Crippen molar-refractivity contribution in [2.45, 2.75) is 6.10 Å². The van der Waals surface area contributed by atoms with E-state index in [1.807, 2.05) is 30.3 Å². The molecule has 8 nitrogen and oxygen atoms in total. The molecule has 148 valence electrons. The number of aliphatic hydroxyl groups is 1. The third-order valence-corrected chi connectivity index (χ3v) is 4.79. The Morgan fingerprint density at radius 3 is 2.39 bits per heavy atom. The monoisotopic (exact) mass is 386 g/mol. The minimum atomic E-state index is -0.577. The summed E-state index contributed by atoms with van der Waals surface area (Å²) in [6.07, 6.45) is -0.577. The normalized spacial score (nSPS) is 15.8. The molecule has 0 aliphatic carbocycles. The lowest BCUT2D eigenvalue weighted by Crippen LogP contribution is -3.16. The molecule has 0 aromatic heterocycles. The van der Waals surface area contributed by atoms with Gasteiger partial charge in [0.15, 0.2) is 0 Å². The van der Waals surface area contributed by atoms with Crippen LogP contribution in [0.5, 0.6) is 5.75 Å². The van der Waals surface area contributed by atoms with Crippen LogP contribution >= 0.6 is 0 Å². The number of nitro groups is 1. The molecule has 28 heavy (non-hydrogen) atoms. The SMILES string of the molecule is O=C(c1ccc([N+](=O)[O-])cc1)N1CC[NH+](C[C@H](O)COc2ccccc2)CC1. The molecule has 0 radical (unpaired) electrons. The van der Waals surface area contributed by atoms with Crippen molar-refractivity contribution < 1.29 is 24.5 Å². The molecule has 2 N–H and O–H groups in total. The van der Waals surface area contributed by atoms with Gasteiger partial charge in [-0.2, -0.15) is 0 Å². The third kappa shape index (κ3) is 5.28. The van der Waals surface area contributed by atoms with Crippen LogP contribution in [0.1, 0.15) is 10.4 Å². The standard InChI is InChI=1S/C20H23N3O5/c24-18(15-28-19-4-2-1-3-5-19)14-21-10-12-22(13-11-21)20(25)16-6-8-17(9-7-16)23(26)27/h1-9,18,24H,10-15H2/p+1/t18-/m0/s1. The lowest BCUT2D eigenvalue weighted by Gasteiger charge is -2.33. The molecule has 1 aliphatic rings. The average Bonchev–Trinajstić information content (AvgIpc) is 2.73. The molecule has 2 aromatic carbocycles. The number of piperazine rings is 1. The maximum atomic E-state index is 12.5. The largest absolute Gasteiger partial charge is 0.491 e. The molecule has 0 bridgehead atoms. The van der Waals surface area contributed by atoms with E-state index in [9.17, 15) is 20.0 Å². The van der Waals surface area contributed by atoms with Crippen LogP contribution in [0, 0.1) is 10.1 Å². The number of aliphatic hydroxyl groups excluding tert-OH is 1. The number of quaternary nitrogens is 1. The van der Waals surface area contributed by atoms with Crippen LogP contribution in [0.3, 0.4) is 0 Å². The predicted octanol–water partition coefficient (Wildman–Crippen LogP) is 0.375. The van der Waals surface area contributed by atoms with Crippen LogP contribution in [0.2, 0.25) is 0 Å². The highest BCUT2D eigenvalue weighted by Gasteiger charge is 2.26.